The van der Waals surface area contributed by atoms with Crippen LogP contribution in [-0.4, -0.2) is 40.4 Å². The van der Waals surface area contributed by atoms with Crippen molar-refractivity contribution >= 4 is 29.3 Å². The monoisotopic (exact) mass is 314 g/mol. The van der Waals surface area contributed by atoms with Crippen LogP contribution in [0.15, 0.2) is 18.2 Å². The highest BCUT2D eigenvalue weighted by atomic mass is 35.5. The van der Waals surface area contributed by atoms with Crippen LogP contribution in [0.3, 0.4) is 0 Å². The molecule has 21 heavy (non-hydrogen) atoms. The van der Waals surface area contributed by atoms with Gasteiger partial charge in [-0.1, -0.05) is 12.1 Å². The lowest BCUT2D eigenvalue weighted by Gasteiger charge is -2.13. The fraction of sp³-hybridized carbons (Fsp3) is 0.357. The van der Waals surface area contributed by atoms with Gasteiger partial charge in [-0.05, 0) is 13.0 Å². The number of ketones is 1. The molecule has 1 aromatic rings. The average molecular weight is 315 g/mol. The minimum atomic E-state index is -1.87. The van der Waals surface area contributed by atoms with Crippen molar-refractivity contribution in [1.29, 1.82) is 0 Å². The molecule has 1 rings (SSSR count). The Hall–Kier alpha value is -1.92. The van der Waals surface area contributed by atoms with Crippen molar-refractivity contribution in [2.45, 2.75) is 19.4 Å². The summed E-state index contributed by atoms with van der Waals surface area (Å²) >= 11 is 5.49. The zero-order chi connectivity index (χ0) is 16.0. The second-order valence-corrected chi connectivity index (χ2v) is 4.50. The highest BCUT2D eigenvalue weighted by molar-refractivity contribution is 6.19. The molecular formula is C14H15ClO6. The molecule has 0 saturated carbocycles. The zero-order valence-electron chi connectivity index (χ0n) is 11.3. The Bertz CT molecular complexity index is 554. The Balaban J connectivity index is 3.29. The number of alkyl halides is 1. The third kappa shape index (κ3) is 4.27. The van der Waals surface area contributed by atoms with Crippen LogP contribution < -0.4 is 0 Å². The van der Waals surface area contributed by atoms with Crippen molar-refractivity contribution in [3.8, 4) is 0 Å². The van der Waals surface area contributed by atoms with Crippen LogP contribution in [-0.2, 0) is 9.53 Å². The number of carboxylic acid groups (broad SMARTS) is 1. The van der Waals surface area contributed by atoms with Gasteiger partial charge in [0.1, 0.15) is 0 Å². The number of esters is 1. The number of aliphatic hydroxyl groups excluding tert-OH is 1. The fourth-order valence-electron chi connectivity index (χ4n) is 1.72. The second-order valence-electron chi connectivity index (χ2n) is 4.13. The predicted octanol–water partition coefficient (Wildman–Crippen LogP) is 1.79. The summed E-state index contributed by atoms with van der Waals surface area (Å²) in [6.45, 7) is 1.68. The highest BCUT2D eigenvalue weighted by Gasteiger charge is 2.24. The van der Waals surface area contributed by atoms with Crippen molar-refractivity contribution in [1.82, 2.24) is 0 Å². The van der Waals surface area contributed by atoms with E-state index in [0.29, 0.717) is 0 Å². The number of aliphatic hydroxyl groups is 1. The van der Waals surface area contributed by atoms with E-state index in [1.165, 1.54) is 18.2 Å². The number of halogens is 1. The first kappa shape index (κ1) is 17.1. The minimum absolute atomic E-state index is 0.0846. The molecule has 0 radical (unpaired) electrons. The number of rotatable bonds is 7. The molecular weight excluding hydrogens is 300 g/mol. The second kappa shape index (κ2) is 7.75. The molecule has 1 unspecified atom stereocenters. The van der Waals surface area contributed by atoms with Gasteiger partial charge in [-0.2, -0.15) is 0 Å². The number of Topliss-reactive ketones (excluding diaryl/α,β-unsaturated/α-hetero) is 1. The van der Waals surface area contributed by atoms with Crippen LogP contribution in [0.2, 0.25) is 0 Å². The van der Waals surface area contributed by atoms with Gasteiger partial charge in [-0.25, -0.2) is 9.59 Å². The summed E-state index contributed by atoms with van der Waals surface area (Å²) in [5.41, 5.74) is -0.0596. The molecule has 0 aliphatic carbocycles. The zero-order valence-corrected chi connectivity index (χ0v) is 12.1. The Morgan fingerprint density at radius 1 is 1.33 bits per heavy atom. The number of carbonyl (C=O) groups is 3. The van der Waals surface area contributed by atoms with E-state index in [1.807, 2.05) is 0 Å². The topological polar surface area (TPSA) is 101 Å². The first-order valence-electron chi connectivity index (χ1n) is 6.23. The van der Waals surface area contributed by atoms with Crippen molar-refractivity contribution in [3.05, 3.63) is 34.9 Å². The molecule has 0 saturated heterocycles. The molecule has 6 nitrogen and oxygen atoms in total. The van der Waals surface area contributed by atoms with Crippen LogP contribution >= 0.6 is 11.6 Å². The van der Waals surface area contributed by atoms with Crippen LogP contribution in [0.5, 0.6) is 0 Å². The fourth-order valence-corrected chi connectivity index (χ4v) is 1.89. The average Bonchev–Trinajstić information content (AvgIpc) is 2.46. The number of carboxylic acids is 1. The van der Waals surface area contributed by atoms with E-state index >= 15 is 0 Å². The van der Waals surface area contributed by atoms with Crippen molar-refractivity contribution in [2.24, 2.45) is 0 Å². The van der Waals surface area contributed by atoms with E-state index in [1.54, 1.807) is 6.92 Å². The Kier molecular flexibility index (Phi) is 6.33. The number of hydrogen-bond donors (Lipinski definition) is 2. The number of benzene rings is 1. The van der Waals surface area contributed by atoms with E-state index in [-0.39, 0.29) is 41.4 Å². The Morgan fingerprint density at radius 3 is 2.52 bits per heavy atom. The first-order chi connectivity index (χ1) is 9.92. The van der Waals surface area contributed by atoms with Crippen LogP contribution in [0.1, 0.15) is 45.7 Å². The van der Waals surface area contributed by atoms with E-state index in [0.717, 1.165) is 0 Å². The molecule has 0 aromatic heterocycles. The molecule has 1 atom stereocenters. The molecule has 0 heterocycles. The summed E-state index contributed by atoms with van der Waals surface area (Å²) in [4.78, 5) is 34.5. The van der Waals surface area contributed by atoms with Gasteiger partial charge >= 0.3 is 11.9 Å². The summed E-state index contributed by atoms with van der Waals surface area (Å²) in [5.74, 6) is -2.45. The lowest BCUT2D eigenvalue weighted by Crippen LogP contribution is -2.17. The third-order valence-electron chi connectivity index (χ3n) is 2.72. The molecule has 114 valence electrons. The van der Waals surface area contributed by atoms with Gasteiger partial charge in [0, 0.05) is 23.4 Å². The van der Waals surface area contributed by atoms with E-state index in [2.05, 4.69) is 0 Å². The molecule has 0 amide bonds. The van der Waals surface area contributed by atoms with Gasteiger partial charge in [0.2, 0.25) is 0 Å². The Morgan fingerprint density at radius 2 is 2.00 bits per heavy atom. The Labute approximate surface area is 126 Å². The van der Waals surface area contributed by atoms with Crippen molar-refractivity contribution < 1.29 is 29.3 Å². The van der Waals surface area contributed by atoms with Crippen LogP contribution in [0.4, 0.5) is 0 Å². The quantitative estimate of drug-likeness (QED) is 0.452. The van der Waals surface area contributed by atoms with Gasteiger partial charge in [-0.15, -0.1) is 11.6 Å². The number of hydrogen-bond acceptors (Lipinski definition) is 5. The number of carbonyl (C=O) groups excluding carboxylic acids is 2. The maximum atomic E-state index is 11.9. The van der Waals surface area contributed by atoms with Gasteiger partial charge in [-0.3, -0.25) is 4.79 Å². The summed E-state index contributed by atoms with van der Waals surface area (Å²) in [5, 5.41) is 18.5. The van der Waals surface area contributed by atoms with Gasteiger partial charge in [0.25, 0.3) is 0 Å². The maximum Gasteiger partial charge on any atom is 0.338 e. The summed E-state index contributed by atoms with van der Waals surface area (Å²) < 4.78 is 4.81. The third-order valence-corrected chi connectivity index (χ3v) is 2.91. The van der Waals surface area contributed by atoms with E-state index < -0.39 is 18.0 Å². The SMILES string of the molecule is CCOC(=O)c1cc(C(=O)CCCl)ccc1C(O)C(=O)O. The van der Waals surface area contributed by atoms with Crippen LogP contribution in [0.25, 0.3) is 0 Å². The summed E-state index contributed by atoms with van der Waals surface area (Å²) in [6.07, 6.45) is -1.79. The molecule has 0 aliphatic rings. The molecule has 7 heteroatoms. The van der Waals surface area contributed by atoms with Crippen molar-refractivity contribution in [2.75, 3.05) is 12.5 Å². The first-order valence-corrected chi connectivity index (χ1v) is 6.76. The van der Waals surface area contributed by atoms with Crippen molar-refractivity contribution in [3.63, 3.8) is 0 Å². The summed E-state index contributed by atoms with van der Waals surface area (Å²) in [7, 11) is 0. The molecule has 0 spiro atoms. The molecule has 0 aliphatic heterocycles. The predicted molar refractivity (Wildman–Crippen MR) is 74.7 cm³/mol. The standard InChI is InChI=1S/C14H15ClO6/c1-2-21-14(20)10-7-8(11(16)5-6-15)3-4-9(10)12(17)13(18)19/h3-4,7,12,17H,2,5-6H2,1H3,(H,18,19). The molecule has 1 aromatic carbocycles. The van der Waals surface area contributed by atoms with Gasteiger partial charge < -0.3 is 14.9 Å². The lowest BCUT2D eigenvalue weighted by atomic mass is 9.97. The smallest absolute Gasteiger partial charge is 0.338 e. The van der Waals surface area contributed by atoms with Gasteiger partial charge in [0.05, 0.1) is 12.2 Å². The molecule has 0 bridgehead atoms. The van der Waals surface area contributed by atoms with E-state index in [9.17, 15) is 19.5 Å². The van der Waals surface area contributed by atoms with Gasteiger partial charge in [0.15, 0.2) is 11.9 Å². The number of ether oxygens (including phenoxy) is 1. The largest absolute Gasteiger partial charge is 0.479 e. The van der Waals surface area contributed by atoms with Crippen LogP contribution in [0, 0.1) is 0 Å². The maximum absolute atomic E-state index is 11.9. The minimum Gasteiger partial charge on any atom is -0.479 e. The summed E-state index contributed by atoms with van der Waals surface area (Å²) in [6, 6.07) is 3.79. The number of aliphatic carboxylic acids is 1. The highest BCUT2D eigenvalue weighted by Crippen LogP contribution is 2.22. The molecule has 0 fully saturated rings. The lowest BCUT2D eigenvalue weighted by molar-refractivity contribution is -0.146. The van der Waals surface area contributed by atoms with E-state index in [4.69, 9.17) is 21.4 Å². The molecule has 2 N–H and O–H groups in total. The normalized spacial score (nSPS) is 11.8.